The molecule has 0 bridgehead atoms. The molecule has 110 valence electrons. The van der Waals surface area contributed by atoms with Crippen LogP contribution in [-0.4, -0.2) is 12.3 Å². The second-order valence-corrected chi connectivity index (χ2v) is 5.79. The molecule has 0 fully saturated rings. The van der Waals surface area contributed by atoms with Crippen LogP contribution in [0, 0.1) is 0 Å². The molecule has 1 heterocycles. The summed E-state index contributed by atoms with van der Waals surface area (Å²) in [4.78, 5) is 0. The van der Waals surface area contributed by atoms with Crippen molar-refractivity contribution < 1.29 is 9.47 Å². The average Bonchev–Trinajstić information content (AvgIpc) is 2.56. The van der Waals surface area contributed by atoms with Crippen LogP contribution in [0.1, 0.15) is 27.2 Å². The summed E-state index contributed by atoms with van der Waals surface area (Å²) in [6.07, 6.45) is 0.994. The molecule has 3 rings (SSSR count). The molecule has 0 amide bonds. The highest BCUT2D eigenvalue weighted by molar-refractivity contribution is 5.83. The van der Waals surface area contributed by atoms with Gasteiger partial charge >= 0.3 is 0 Å². The van der Waals surface area contributed by atoms with E-state index in [1.54, 1.807) is 0 Å². The van der Waals surface area contributed by atoms with Crippen molar-refractivity contribution in [2.45, 2.75) is 32.9 Å². The quantitative estimate of drug-likeness (QED) is 0.887. The zero-order valence-electron chi connectivity index (χ0n) is 12.8. The maximum absolute atomic E-state index is 6.16. The molecule has 0 spiro atoms. The number of rotatable bonds is 3. The van der Waals surface area contributed by atoms with Crippen LogP contribution in [0.15, 0.2) is 42.5 Å². The minimum atomic E-state index is -0.468. The lowest BCUT2D eigenvalue weighted by Crippen LogP contribution is -2.36. The van der Waals surface area contributed by atoms with Gasteiger partial charge in [-0.25, -0.2) is 0 Å². The van der Waals surface area contributed by atoms with Crippen molar-refractivity contribution in [1.29, 1.82) is 0 Å². The van der Waals surface area contributed by atoms with E-state index in [9.17, 15) is 0 Å². The van der Waals surface area contributed by atoms with Gasteiger partial charge in [-0.1, -0.05) is 25.1 Å². The molecular formula is C18H21NO2. The van der Waals surface area contributed by atoms with Gasteiger partial charge in [-0.05, 0) is 38.5 Å². The standard InChI is InChI=1S/C18H21NO2/c1-4-11-20-13-9-10-15-14-7-5-6-8-16(14)19-18(2,3)21-17(15)12-13/h5-10,12,19H,4,11H2,1-3H3. The van der Waals surface area contributed by atoms with E-state index in [-0.39, 0.29) is 0 Å². The first-order valence-corrected chi connectivity index (χ1v) is 7.42. The topological polar surface area (TPSA) is 30.5 Å². The third-order valence-corrected chi connectivity index (χ3v) is 3.44. The maximum Gasteiger partial charge on any atom is 0.175 e. The van der Waals surface area contributed by atoms with Gasteiger partial charge in [-0.2, -0.15) is 0 Å². The number of nitrogens with one attached hydrogen (secondary N) is 1. The van der Waals surface area contributed by atoms with E-state index < -0.39 is 5.72 Å². The van der Waals surface area contributed by atoms with E-state index in [1.807, 2.05) is 38.1 Å². The van der Waals surface area contributed by atoms with Crippen LogP contribution < -0.4 is 14.8 Å². The zero-order valence-corrected chi connectivity index (χ0v) is 12.8. The van der Waals surface area contributed by atoms with Crippen molar-refractivity contribution in [2.75, 3.05) is 11.9 Å². The van der Waals surface area contributed by atoms with Gasteiger partial charge in [0.25, 0.3) is 0 Å². The highest BCUT2D eigenvalue weighted by atomic mass is 16.5. The van der Waals surface area contributed by atoms with Gasteiger partial charge in [0.1, 0.15) is 11.5 Å². The number of ether oxygens (including phenoxy) is 2. The molecule has 2 aromatic carbocycles. The first kappa shape index (κ1) is 13.8. The lowest BCUT2D eigenvalue weighted by atomic mass is 10.0. The number of anilines is 1. The van der Waals surface area contributed by atoms with Crippen molar-refractivity contribution in [3.05, 3.63) is 42.5 Å². The smallest absolute Gasteiger partial charge is 0.175 e. The summed E-state index contributed by atoms with van der Waals surface area (Å²) in [5.41, 5.74) is 2.86. The molecule has 0 saturated carbocycles. The summed E-state index contributed by atoms with van der Waals surface area (Å²) in [6, 6.07) is 14.3. The lowest BCUT2D eigenvalue weighted by molar-refractivity contribution is 0.142. The molecule has 1 N–H and O–H groups in total. The summed E-state index contributed by atoms with van der Waals surface area (Å²) in [5.74, 6) is 1.71. The van der Waals surface area contributed by atoms with Gasteiger partial charge in [0.05, 0.1) is 6.61 Å². The second kappa shape index (κ2) is 5.32. The molecule has 0 atom stereocenters. The van der Waals surface area contributed by atoms with E-state index in [1.165, 1.54) is 0 Å². The Morgan fingerprint density at radius 1 is 1.10 bits per heavy atom. The van der Waals surface area contributed by atoms with E-state index in [0.29, 0.717) is 0 Å². The molecule has 0 aliphatic carbocycles. The van der Waals surface area contributed by atoms with Crippen LogP contribution in [0.25, 0.3) is 11.1 Å². The Morgan fingerprint density at radius 3 is 2.71 bits per heavy atom. The normalized spacial score (nSPS) is 15.0. The van der Waals surface area contributed by atoms with E-state index in [4.69, 9.17) is 9.47 Å². The van der Waals surface area contributed by atoms with Gasteiger partial charge in [-0.15, -0.1) is 0 Å². The fourth-order valence-electron chi connectivity index (χ4n) is 2.57. The van der Waals surface area contributed by atoms with Crippen molar-refractivity contribution in [3.8, 4) is 22.6 Å². The van der Waals surface area contributed by atoms with Gasteiger partial charge in [0.2, 0.25) is 0 Å². The van der Waals surface area contributed by atoms with E-state index in [2.05, 4.69) is 30.4 Å². The molecule has 1 aliphatic rings. The summed E-state index contributed by atoms with van der Waals surface area (Å²) in [6.45, 7) is 6.87. The van der Waals surface area contributed by atoms with Crippen molar-refractivity contribution in [3.63, 3.8) is 0 Å². The molecule has 0 radical (unpaired) electrons. The number of hydrogen-bond acceptors (Lipinski definition) is 3. The van der Waals surface area contributed by atoms with Gasteiger partial charge in [0.15, 0.2) is 5.72 Å². The largest absolute Gasteiger partial charge is 0.493 e. The highest BCUT2D eigenvalue weighted by Crippen LogP contribution is 2.42. The van der Waals surface area contributed by atoms with Crippen LogP contribution >= 0.6 is 0 Å². The average molecular weight is 283 g/mol. The Balaban J connectivity index is 2.08. The third kappa shape index (κ3) is 2.82. The van der Waals surface area contributed by atoms with Gasteiger partial charge < -0.3 is 14.8 Å². The highest BCUT2D eigenvalue weighted by Gasteiger charge is 2.27. The van der Waals surface area contributed by atoms with Crippen molar-refractivity contribution in [1.82, 2.24) is 0 Å². The fraction of sp³-hybridized carbons (Fsp3) is 0.333. The molecule has 0 unspecified atom stereocenters. The molecule has 2 aromatic rings. The zero-order chi connectivity index (χ0) is 14.9. The minimum absolute atomic E-state index is 0.468. The van der Waals surface area contributed by atoms with Crippen LogP contribution in [0.3, 0.4) is 0 Å². The molecule has 0 aromatic heterocycles. The van der Waals surface area contributed by atoms with Gasteiger partial charge in [-0.3, -0.25) is 0 Å². The Bertz CT molecular complexity index is 649. The maximum atomic E-state index is 6.16. The van der Waals surface area contributed by atoms with Crippen LogP contribution in [-0.2, 0) is 0 Å². The Labute approximate surface area is 125 Å². The predicted octanol–water partition coefficient (Wildman–Crippen LogP) is 4.68. The minimum Gasteiger partial charge on any atom is -0.493 e. The molecule has 0 saturated heterocycles. The molecule has 21 heavy (non-hydrogen) atoms. The Kier molecular flexibility index (Phi) is 3.50. The number of benzene rings is 2. The van der Waals surface area contributed by atoms with E-state index >= 15 is 0 Å². The Morgan fingerprint density at radius 2 is 1.90 bits per heavy atom. The van der Waals surface area contributed by atoms with Crippen LogP contribution in [0.4, 0.5) is 5.69 Å². The van der Waals surface area contributed by atoms with Crippen molar-refractivity contribution >= 4 is 5.69 Å². The van der Waals surface area contributed by atoms with Crippen molar-refractivity contribution in [2.24, 2.45) is 0 Å². The SMILES string of the molecule is CCCOc1ccc2c(c1)OC(C)(C)Nc1ccccc1-2. The Hall–Kier alpha value is -2.16. The van der Waals surface area contributed by atoms with Crippen LogP contribution in [0.2, 0.25) is 0 Å². The van der Waals surface area contributed by atoms with Crippen LogP contribution in [0.5, 0.6) is 11.5 Å². The number of hydrogen-bond donors (Lipinski definition) is 1. The first-order chi connectivity index (χ1) is 10.1. The number of para-hydroxylation sites is 1. The fourth-order valence-corrected chi connectivity index (χ4v) is 2.57. The monoisotopic (exact) mass is 283 g/mol. The summed E-state index contributed by atoms with van der Waals surface area (Å²) >= 11 is 0. The summed E-state index contributed by atoms with van der Waals surface area (Å²) in [5, 5.41) is 3.45. The lowest BCUT2D eigenvalue weighted by Gasteiger charge is -2.27. The van der Waals surface area contributed by atoms with Gasteiger partial charge in [0, 0.05) is 22.9 Å². The summed E-state index contributed by atoms with van der Waals surface area (Å²) < 4.78 is 11.9. The molecule has 3 heteroatoms. The second-order valence-electron chi connectivity index (χ2n) is 5.79. The summed E-state index contributed by atoms with van der Waals surface area (Å²) in [7, 11) is 0. The number of fused-ring (bicyclic) bond motifs is 3. The van der Waals surface area contributed by atoms with E-state index in [0.717, 1.165) is 41.3 Å². The molecular weight excluding hydrogens is 262 g/mol. The third-order valence-electron chi connectivity index (χ3n) is 3.44. The molecule has 3 nitrogen and oxygen atoms in total. The predicted molar refractivity (Wildman–Crippen MR) is 86.0 cm³/mol. The molecule has 1 aliphatic heterocycles. The first-order valence-electron chi connectivity index (χ1n) is 7.42.